The molecule has 0 saturated carbocycles. The van der Waals surface area contributed by atoms with E-state index >= 15 is 0 Å². The van der Waals surface area contributed by atoms with Crippen LogP contribution in [0.15, 0.2) is 36.4 Å². The highest BCUT2D eigenvalue weighted by Crippen LogP contribution is 2.38. The van der Waals surface area contributed by atoms with Crippen LogP contribution in [0, 0.1) is 0 Å². The first-order chi connectivity index (χ1) is 12.0. The SMILES string of the molecule is COc1cc(C(=O)Nc2ccc(CC(=O)O)cc2)cc(OC)c1OC. The number of carboxylic acid groups (broad SMARTS) is 1. The van der Waals surface area contributed by atoms with Gasteiger partial charge in [0.1, 0.15) is 0 Å². The van der Waals surface area contributed by atoms with E-state index in [9.17, 15) is 9.59 Å². The van der Waals surface area contributed by atoms with E-state index < -0.39 is 5.97 Å². The Kier molecular flexibility index (Phi) is 5.84. The molecule has 132 valence electrons. The highest BCUT2D eigenvalue weighted by molar-refractivity contribution is 6.05. The Morgan fingerprint density at radius 2 is 1.52 bits per heavy atom. The summed E-state index contributed by atoms with van der Waals surface area (Å²) < 4.78 is 15.7. The predicted molar refractivity (Wildman–Crippen MR) is 91.8 cm³/mol. The minimum Gasteiger partial charge on any atom is -0.493 e. The Labute approximate surface area is 145 Å². The van der Waals surface area contributed by atoms with Crippen LogP contribution in [0.5, 0.6) is 17.2 Å². The topological polar surface area (TPSA) is 94.1 Å². The van der Waals surface area contributed by atoms with Gasteiger partial charge in [0, 0.05) is 11.3 Å². The number of amides is 1. The van der Waals surface area contributed by atoms with Crippen molar-refractivity contribution in [1.82, 2.24) is 0 Å². The van der Waals surface area contributed by atoms with Gasteiger partial charge in [-0.2, -0.15) is 0 Å². The number of hydrogen-bond acceptors (Lipinski definition) is 5. The Bertz CT molecular complexity index is 745. The van der Waals surface area contributed by atoms with E-state index in [1.165, 1.54) is 21.3 Å². The Morgan fingerprint density at radius 1 is 0.960 bits per heavy atom. The van der Waals surface area contributed by atoms with E-state index in [4.69, 9.17) is 19.3 Å². The molecule has 0 saturated heterocycles. The molecule has 0 fully saturated rings. The lowest BCUT2D eigenvalue weighted by Crippen LogP contribution is -2.12. The number of hydrogen-bond donors (Lipinski definition) is 2. The number of carbonyl (C=O) groups excluding carboxylic acids is 1. The van der Waals surface area contributed by atoms with Crippen molar-refractivity contribution in [1.29, 1.82) is 0 Å². The molecule has 25 heavy (non-hydrogen) atoms. The molecular weight excluding hydrogens is 326 g/mol. The minimum absolute atomic E-state index is 0.0683. The maximum Gasteiger partial charge on any atom is 0.307 e. The molecule has 0 spiro atoms. The summed E-state index contributed by atoms with van der Waals surface area (Å²) in [7, 11) is 4.43. The third kappa shape index (κ3) is 4.41. The van der Waals surface area contributed by atoms with E-state index in [0.717, 1.165) is 0 Å². The molecule has 7 nitrogen and oxygen atoms in total. The normalized spacial score (nSPS) is 10.0. The van der Waals surface area contributed by atoms with Crippen LogP contribution in [0.2, 0.25) is 0 Å². The first-order valence-electron chi connectivity index (χ1n) is 7.40. The second-order valence-electron chi connectivity index (χ2n) is 5.14. The molecule has 2 rings (SSSR count). The smallest absolute Gasteiger partial charge is 0.307 e. The van der Waals surface area contributed by atoms with Crippen LogP contribution in [0.1, 0.15) is 15.9 Å². The number of benzene rings is 2. The molecule has 7 heteroatoms. The molecule has 0 aliphatic rings. The summed E-state index contributed by atoms with van der Waals surface area (Å²) in [4.78, 5) is 23.1. The molecule has 0 aromatic heterocycles. The number of ether oxygens (including phenoxy) is 3. The molecule has 0 radical (unpaired) electrons. The van der Waals surface area contributed by atoms with Crippen LogP contribution in [0.3, 0.4) is 0 Å². The standard InChI is InChI=1S/C18H19NO6/c1-23-14-9-12(10-15(24-2)17(14)25-3)18(22)19-13-6-4-11(5-7-13)8-16(20)21/h4-7,9-10H,8H2,1-3H3,(H,19,22)(H,20,21). The van der Waals surface area contributed by atoms with Crippen molar-refractivity contribution < 1.29 is 28.9 Å². The van der Waals surface area contributed by atoms with Gasteiger partial charge in [-0.1, -0.05) is 12.1 Å². The van der Waals surface area contributed by atoms with Crippen molar-refractivity contribution in [2.75, 3.05) is 26.6 Å². The molecule has 0 aliphatic carbocycles. The average Bonchev–Trinajstić information content (AvgIpc) is 2.61. The van der Waals surface area contributed by atoms with Crippen molar-refractivity contribution in [2.45, 2.75) is 6.42 Å². The summed E-state index contributed by atoms with van der Waals surface area (Å²) in [6.45, 7) is 0. The fourth-order valence-electron chi connectivity index (χ4n) is 2.30. The molecule has 0 atom stereocenters. The third-order valence-corrected chi connectivity index (χ3v) is 3.49. The molecule has 2 aromatic rings. The molecular formula is C18H19NO6. The van der Waals surface area contributed by atoms with Crippen molar-refractivity contribution in [3.63, 3.8) is 0 Å². The molecule has 0 bridgehead atoms. The average molecular weight is 345 g/mol. The second kappa shape index (κ2) is 8.05. The fraction of sp³-hybridized carbons (Fsp3) is 0.222. The molecule has 0 heterocycles. The zero-order valence-electron chi connectivity index (χ0n) is 14.2. The van der Waals surface area contributed by atoms with Crippen molar-refractivity contribution in [3.8, 4) is 17.2 Å². The van der Waals surface area contributed by atoms with Gasteiger partial charge < -0.3 is 24.6 Å². The summed E-state index contributed by atoms with van der Waals surface area (Å²) in [6.07, 6.45) is -0.0683. The van der Waals surface area contributed by atoms with Gasteiger partial charge in [0.2, 0.25) is 5.75 Å². The van der Waals surface area contributed by atoms with Gasteiger partial charge in [0.05, 0.1) is 27.8 Å². The van der Waals surface area contributed by atoms with Crippen LogP contribution >= 0.6 is 0 Å². The predicted octanol–water partition coefficient (Wildman–Crippen LogP) is 2.59. The summed E-state index contributed by atoms with van der Waals surface area (Å²) in [6, 6.07) is 9.70. The van der Waals surface area contributed by atoms with Gasteiger partial charge in [-0.3, -0.25) is 9.59 Å². The second-order valence-corrected chi connectivity index (χ2v) is 5.14. The summed E-state index contributed by atoms with van der Waals surface area (Å²) >= 11 is 0. The van der Waals surface area contributed by atoms with E-state index in [-0.39, 0.29) is 12.3 Å². The minimum atomic E-state index is -0.908. The van der Waals surface area contributed by atoms with Crippen LogP contribution in [-0.2, 0) is 11.2 Å². The zero-order chi connectivity index (χ0) is 18.4. The monoisotopic (exact) mass is 345 g/mol. The lowest BCUT2D eigenvalue weighted by Gasteiger charge is -2.14. The first-order valence-corrected chi connectivity index (χ1v) is 7.40. The number of carbonyl (C=O) groups is 2. The van der Waals surface area contributed by atoms with Crippen LogP contribution in [0.4, 0.5) is 5.69 Å². The molecule has 0 aliphatic heterocycles. The van der Waals surface area contributed by atoms with E-state index in [1.54, 1.807) is 36.4 Å². The van der Waals surface area contributed by atoms with Crippen LogP contribution in [0.25, 0.3) is 0 Å². The van der Waals surface area contributed by atoms with E-state index in [1.807, 2.05) is 0 Å². The van der Waals surface area contributed by atoms with Gasteiger partial charge in [0.15, 0.2) is 11.5 Å². The number of nitrogens with one attached hydrogen (secondary N) is 1. The number of anilines is 1. The maximum atomic E-state index is 12.5. The Hall–Kier alpha value is -3.22. The highest BCUT2D eigenvalue weighted by Gasteiger charge is 2.17. The lowest BCUT2D eigenvalue weighted by atomic mass is 10.1. The first kappa shape index (κ1) is 18.1. The summed E-state index contributed by atoms with van der Waals surface area (Å²) in [5.41, 5.74) is 1.54. The summed E-state index contributed by atoms with van der Waals surface area (Å²) in [5, 5.41) is 11.5. The molecule has 2 aromatic carbocycles. The largest absolute Gasteiger partial charge is 0.493 e. The van der Waals surface area contributed by atoms with Crippen molar-refractivity contribution >= 4 is 17.6 Å². The zero-order valence-corrected chi connectivity index (χ0v) is 14.2. The van der Waals surface area contributed by atoms with Gasteiger partial charge in [-0.15, -0.1) is 0 Å². The Morgan fingerprint density at radius 3 is 1.96 bits per heavy atom. The highest BCUT2D eigenvalue weighted by atomic mass is 16.5. The van der Waals surface area contributed by atoms with E-state index in [0.29, 0.717) is 34.1 Å². The summed E-state index contributed by atoms with van der Waals surface area (Å²) in [5.74, 6) is -0.105. The quantitative estimate of drug-likeness (QED) is 0.801. The van der Waals surface area contributed by atoms with Crippen LogP contribution in [-0.4, -0.2) is 38.3 Å². The molecule has 2 N–H and O–H groups in total. The number of methoxy groups -OCH3 is 3. The van der Waals surface area contributed by atoms with Gasteiger partial charge in [-0.05, 0) is 29.8 Å². The van der Waals surface area contributed by atoms with Crippen molar-refractivity contribution in [3.05, 3.63) is 47.5 Å². The maximum absolute atomic E-state index is 12.5. The lowest BCUT2D eigenvalue weighted by molar-refractivity contribution is -0.136. The number of aliphatic carboxylic acids is 1. The molecule has 1 amide bonds. The fourth-order valence-corrected chi connectivity index (χ4v) is 2.30. The molecule has 0 unspecified atom stereocenters. The van der Waals surface area contributed by atoms with Gasteiger partial charge >= 0.3 is 5.97 Å². The third-order valence-electron chi connectivity index (χ3n) is 3.49. The Balaban J connectivity index is 2.21. The van der Waals surface area contributed by atoms with Crippen LogP contribution < -0.4 is 19.5 Å². The number of carboxylic acids is 1. The van der Waals surface area contributed by atoms with Crippen molar-refractivity contribution in [2.24, 2.45) is 0 Å². The number of rotatable bonds is 7. The van der Waals surface area contributed by atoms with E-state index in [2.05, 4.69) is 5.32 Å². The van der Waals surface area contributed by atoms with Gasteiger partial charge in [-0.25, -0.2) is 0 Å². The van der Waals surface area contributed by atoms with Gasteiger partial charge in [0.25, 0.3) is 5.91 Å².